The van der Waals surface area contributed by atoms with Crippen molar-refractivity contribution < 1.29 is 14.6 Å². The molecule has 0 fully saturated rings. The number of carboxylic acids is 1. The largest absolute Gasteiger partial charge is 0.490 e. The quantitative estimate of drug-likeness (QED) is 0.879. The third-order valence-corrected chi connectivity index (χ3v) is 2.44. The van der Waals surface area contributed by atoms with Gasteiger partial charge in [-0.15, -0.1) is 0 Å². The van der Waals surface area contributed by atoms with Crippen molar-refractivity contribution in [2.45, 2.75) is 20.0 Å². The van der Waals surface area contributed by atoms with Gasteiger partial charge in [-0.3, -0.25) is 0 Å². The fourth-order valence-electron chi connectivity index (χ4n) is 1.74. The van der Waals surface area contributed by atoms with E-state index < -0.39 is 5.97 Å². The first-order valence-electron chi connectivity index (χ1n) is 5.50. The summed E-state index contributed by atoms with van der Waals surface area (Å²) in [5.41, 5.74) is 0.206. The maximum Gasteiger partial charge on any atom is 0.339 e. The fourth-order valence-corrected chi connectivity index (χ4v) is 1.74. The molecule has 0 bridgehead atoms. The van der Waals surface area contributed by atoms with Gasteiger partial charge in [0.1, 0.15) is 11.3 Å². The monoisotopic (exact) mass is 230 g/mol. The van der Waals surface area contributed by atoms with Crippen LogP contribution in [-0.4, -0.2) is 17.2 Å². The molecule has 88 valence electrons. The number of carbonyl (C=O) groups is 1. The highest BCUT2D eigenvalue weighted by Crippen LogP contribution is 2.26. The standard InChI is InChI=1S/C14H14O3/c1-9(2)17-13-8-11-6-4-3-5-10(11)7-12(13)14(15)16/h3-9H,1-2H3,(H,15,16). The molecular formula is C14H14O3. The molecule has 0 aromatic heterocycles. The zero-order valence-corrected chi connectivity index (χ0v) is 9.81. The van der Waals surface area contributed by atoms with Crippen LogP contribution in [0.1, 0.15) is 24.2 Å². The maximum atomic E-state index is 11.2. The second kappa shape index (κ2) is 4.45. The number of hydrogen-bond donors (Lipinski definition) is 1. The Labute approximate surface area is 99.6 Å². The zero-order valence-electron chi connectivity index (χ0n) is 9.81. The first-order chi connectivity index (χ1) is 8.08. The highest BCUT2D eigenvalue weighted by molar-refractivity contribution is 5.97. The summed E-state index contributed by atoms with van der Waals surface area (Å²) >= 11 is 0. The van der Waals surface area contributed by atoms with E-state index in [-0.39, 0.29) is 11.7 Å². The molecule has 0 atom stereocenters. The molecule has 3 nitrogen and oxygen atoms in total. The van der Waals surface area contributed by atoms with E-state index in [4.69, 9.17) is 9.84 Å². The van der Waals surface area contributed by atoms with Crippen molar-refractivity contribution in [3.05, 3.63) is 42.0 Å². The van der Waals surface area contributed by atoms with Crippen molar-refractivity contribution in [1.29, 1.82) is 0 Å². The maximum absolute atomic E-state index is 11.2. The van der Waals surface area contributed by atoms with Crippen LogP contribution in [0.4, 0.5) is 0 Å². The molecule has 0 saturated heterocycles. The summed E-state index contributed by atoms with van der Waals surface area (Å²) in [5, 5.41) is 11.0. The van der Waals surface area contributed by atoms with Gasteiger partial charge in [0.25, 0.3) is 0 Å². The molecule has 0 unspecified atom stereocenters. The number of aromatic carboxylic acids is 1. The molecule has 0 saturated carbocycles. The van der Waals surface area contributed by atoms with E-state index in [0.29, 0.717) is 5.75 Å². The van der Waals surface area contributed by atoms with Gasteiger partial charge in [0.05, 0.1) is 6.10 Å². The lowest BCUT2D eigenvalue weighted by molar-refractivity contribution is 0.0691. The number of ether oxygens (including phenoxy) is 1. The lowest BCUT2D eigenvalue weighted by atomic mass is 10.1. The van der Waals surface area contributed by atoms with Crippen LogP contribution in [0.5, 0.6) is 5.75 Å². The third kappa shape index (κ3) is 2.38. The lowest BCUT2D eigenvalue weighted by Crippen LogP contribution is -2.09. The Morgan fingerprint density at radius 3 is 2.29 bits per heavy atom. The van der Waals surface area contributed by atoms with Gasteiger partial charge in [-0.1, -0.05) is 24.3 Å². The SMILES string of the molecule is CC(C)Oc1cc2ccccc2cc1C(=O)O. The molecule has 0 amide bonds. The van der Waals surface area contributed by atoms with Crippen molar-refractivity contribution in [2.75, 3.05) is 0 Å². The molecule has 0 spiro atoms. The average Bonchev–Trinajstić information content (AvgIpc) is 2.27. The molecule has 2 aromatic carbocycles. The van der Waals surface area contributed by atoms with E-state index in [1.807, 2.05) is 38.1 Å². The molecule has 0 aliphatic carbocycles. The van der Waals surface area contributed by atoms with Gasteiger partial charge in [-0.25, -0.2) is 4.79 Å². The van der Waals surface area contributed by atoms with Crippen LogP contribution in [0.2, 0.25) is 0 Å². The number of carboxylic acid groups (broad SMARTS) is 1. The second-order valence-electron chi connectivity index (χ2n) is 4.17. The third-order valence-electron chi connectivity index (χ3n) is 2.44. The van der Waals surface area contributed by atoms with Crippen molar-refractivity contribution >= 4 is 16.7 Å². The molecule has 3 heteroatoms. The van der Waals surface area contributed by atoms with Gasteiger partial charge in [0, 0.05) is 0 Å². The van der Waals surface area contributed by atoms with Crippen molar-refractivity contribution in [3.63, 3.8) is 0 Å². The Morgan fingerprint density at radius 1 is 1.18 bits per heavy atom. The van der Waals surface area contributed by atoms with E-state index in [0.717, 1.165) is 10.8 Å². The van der Waals surface area contributed by atoms with E-state index >= 15 is 0 Å². The van der Waals surface area contributed by atoms with E-state index in [1.54, 1.807) is 12.1 Å². The summed E-state index contributed by atoms with van der Waals surface area (Å²) < 4.78 is 5.53. The fraction of sp³-hybridized carbons (Fsp3) is 0.214. The van der Waals surface area contributed by atoms with Gasteiger partial charge in [0.15, 0.2) is 0 Å². The van der Waals surface area contributed by atoms with Gasteiger partial charge < -0.3 is 9.84 Å². The van der Waals surface area contributed by atoms with E-state index in [2.05, 4.69) is 0 Å². The summed E-state index contributed by atoms with van der Waals surface area (Å²) in [6.07, 6.45) is -0.0470. The van der Waals surface area contributed by atoms with Crippen LogP contribution in [-0.2, 0) is 0 Å². The number of hydrogen-bond acceptors (Lipinski definition) is 2. The van der Waals surface area contributed by atoms with Crippen LogP contribution in [0, 0.1) is 0 Å². The first-order valence-corrected chi connectivity index (χ1v) is 5.50. The predicted octanol–water partition coefficient (Wildman–Crippen LogP) is 3.33. The Balaban J connectivity index is 2.62. The molecule has 17 heavy (non-hydrogen) atoms. The minimum Gasteiger partial charge on any atom is -0.490 e. The van der Waals surface area contributed by atoms with E-state index in [1.165, 1.54) is 0 Å². The number of rotatable bonds is 3. The van der Waals surface area contributed by atoms with Crippen LogP contribution >= 0.6 is 0 Å². The van der Waals surface area contributed by atoms with Crippen LogP contribution in [0.3, 0.4) is 0 Å². The molecular weight excluding hydrogens is 216 g/mol. The normalized spacial score (nSPS) is 10.8. The minimum atomic E-state index is -0.966. The number of fused-ring (bicyclic) bond motifs is 1. The topological polar surface area (TPSA) is 46.5 Å². The molecule has 2 aromatic rings. The lowest BCUT2D eigenvalue weighted by Gasteiger charge is -2.13. The van der Waals surface area contributed by atoms with Crippen LogP contribution in [0.15, 0.2) is 36.4 Å². The highest BCUT2D eigenvalue weighted by atomic mass is 16.5. The van der Waals surface area contributed by atoms with Gasteiger partial charge in [-0.2, -0.15) is 0 Å². The van der Waals surface area contributed by atoms with Crippen molar-refractivity contribution in [2.24, 2.45) is 0 Å². The smallest absolute Gasteiger partial charge is 0.339 e. The highest BCUT2D eigenvalue weighted by Gasteiger charge is 2.13. The Kier molecular flexibility index (Phi) is 3.00. The number of benzene rings is 2. The molecule has 2 rings (SSSR count). The van der Waals surface area contributed by atoms with Crippen molar-refractivity contribution in [1.82, 2.24) is 0 Å². The molecule has 0 aliphatic heterocycles. The molecule has 0 radical (unpaired) electrons. The predicted molar refractivity (Wildman–Crippen MR) is 66.7 cm³/mol. The Morgan fingerprint density at radius 2 is 1.76 bits per heavy atom. The summed E-state index contributed by atoms with van der Waals surface area (Å²) in [7, 11) is 0. The molecule has 0 heterocycles. The van der Waals surface area contributed by atoms with Crippen molar-refractivity contribution in [3.8, 4) is 5.75 Å². The zero-order chi connectivity index (χ0) is 12.4. The molecule has 0 aliphatic rings. The summed E-state index contributed by atoms with van der Waals surface area (Å²) in [6, 6.07) is 11.1. The second-order valence-corrected chi connectivity index (χ2v) is 4.17. The minimum absolute atomic E-state index is 0.0470. The van der Waals surface area contributed by atoms with E-state index in [9.17, 15) is 4.79 Å². The Bertz CT molecular complexity index is 558. The van der Waals surface area contributed by atoms with Crippen LogP contribution in [0.25, 0.3) is 10.8 Å². The van der Waals surface area contributed by atoms with Gasteiger partial charge in [-0.05, 0) is 36.8 Å². The summed E-state index contributed by atoms with van der Waals surface area (Å²) in [6.45, 7) is 3.75. The summed E-state index contributed by atoms with van der Waals surface area (Å²) in [5.74, 6) is -0.544. The van der Waals surface area contributed by atoms with Crippen LogP contribution < -0.4 is 4.74 Å². The molecule has 1 N–H and O–H groups in total. The van der Waals surface area contributed by atoms with Gasteiger partial charge >= 0.3 is 5.97 Å². The summed E-state index contributed by atoms with van der Waals surface area (Å²) in [4.78, 5) is 11.2. The first kappa shape index (κ1) is 11.5. The Hall–Kier alpha value is -2.03. The average molecular weight is 230 g/mol. The van der Waals surface area contributed by atoms with Gasteiger partial charge in [0.2, 0.25) is 0 Å².